The highest BCUT2D eigenvalue weighted by Crippen LogP contribution is 2.48. The van der Waals surface area contributed by atoms with Crippen molar-refractivity contribution in [2.45, 2.75) is 13.3 Å². The van der Waals surface area contributed by atoms with Crippen LogP contribution < -0.4 is 21.3 Å². The average Bonchev–Trinajstić information content (AvgIpc) is 2.58. The molecule has 0 bridgehead atoms. The Morgan fingerprint density at radius 3 is 2.00 bits per heavy atom. The predicted molar refractivity (Wildman–Crippen MR) is 105 cm³/mol. The highest BCUT2D eigenvalue weighted by atomic mass is 16.3. The van der Waals surface area contributed by atoms with Crippen molar-refractivity contribution in [3.05, 3.63) is 48.0 Å². The summed E-state index contributed by atoms with van der Waals surface area (Å²) in [6, 6.07) is 9.95. The summed E-state index contributed by atoms with van der Waals surface area (Å²) in [6.45, 7) is 5.94. The average molecular weight is 326 g/mol. The van der Waals surface area contributed by atoms with Gasteiger partial charge in [0.25, 0.3) is 0 Å². The molecular formula is C19H26N4O. The second-order valence-electron chi connectivity index (χ2n) is 5.70. The summed E-state index contributed by atoms with van der Waals surface area (Å²) in [4.78, 5) is 0. The van der Waals surface area contributed by atoms with E-state index in [0.717, 1.165) is 33.9 Å². The molecule has 2 rings (SSSR count). The van der Waals surface area contributed by atoms with E-state index in [1.165, 1.54) is 0 Å². The lowest BCUT2D eigenvalue weighted by Gasteiger charge is -2.24. The van der Waals surface area contributed by atoms with E-state index in [2.05, 4.69) is 27.8 Å². The van der Waals surface area contributed by atoms with Crippen molar-refractivity contribution >= 4 is 28.4 Å². The molecule has 0 aliphatic carbocycles. The minimum Gasteiger partial charge on any atom is -0.505 e. The van der Waals surface area contributed by atoms with Crippen molar-refractivity contribution in [2.75, 3.05) is 42.4 Å². The topological polar surface area (TPSA) is 68.3 Å². The van der Waals surface area contributed by atoms with Gasteiger partial charge >= 0.3 is 0 Å². The van der Waals surface area contributed by atoms with Gasteiger partial charge in [-0.25, -0.2) is 0 Å². The summed E-state index contributed by atoms with van der Waals surface area (Å²) in [6.07, 6.45) is 0.587. The van der Waals surface area contributed by atoms with Gasteiger partial charge in [-0.2, -0.15) is 0 Å². The second-order valence-corrected chi connectivity index (χ2v) is 5.70. The molecule has 2 aromatic rings. The van der Waals surface area contributed by atoms with Crippen molar-refractivity contribution in [3.63, 3.8) is 0 Å². The molecule has 0 amide bonds. The lowest BCUT2D eigenvalue weighted by molar-refractivity contribution is 0.472. The number of rotatable bonds is 7. The van der Waals surface area contributed by atoms with E-state index in [-0.39, 0.29) is 5.75 Å². The van der Waals surface area contributed by atoms with Crippen molar-refractivity contribution in [1.82, 2.24) is 0 Å². The fourth-order valence-corrected chi connectivity index (χ4v) is 2.82. The Labute approximate surface area is 143 Å². The van der Waals surface area contributed by atoms with Crippen LogP contribution in [0.5, 0.6) is 5.75 Å². The monoisotopic (exact) mass is 326 g/mol. The predicted octanol–water partition coefficient (Wildman–Crippen LogP) is 4.38. The molecule has 0 aliphatic heterocycles. The number of hydrogen-bond donors (Lipinski definition) is 5. The summed E-state index contributed by atoms with van der Waals surface area (Å²) in [7, 11) is 5.49. The van der Waals surface area contributed by atoms with Gasteiger partial charge in [0.15, 0.2) is 0 Å². The minimum atomic E-state index is 0.229. The fraction of sp³-hybridized carbons (Fsp3) is 0.263. The quantitative estimate of drug-likeness (QED) is 0.297. The van der Waals surface area contributed by atoms with Crippen LogP contribution in [0.15, 0.2) is 42.5 Å². The third-order valence-electron chi connectivity index (χ3n) is 3.85. The van der Waals surface area contributed by atoms with Gasteiger partial charge in [0.1, 0.15) is 11.4 Å². The van der Waals surface area contributed by atoms with Crippen LogP contribution >= 0.6 is 0 Å². The number of para-hydroxylation sites is 1. The van der Waals surface area contributed by atoms with Crippen LogP contribution in [0.1, 0.15) is 12.5 Å². The highest BCUT2D eigenvalue weighted by Gasteiger charge is 2.22. The third kappa shape index (κ3) is 3.40. The van der Waals surface area contributed by atoms with Crippen LogP contribution in [0.25, 0.3) is 0 Å². The standard InChI is InChI=1S/C19H26N4O/c1-12(2)11-14-15(20-3)17(23-13-9-7-6-8-10-13)16(21-4)18(22-5)19(14)24/h6-10,20-24H,1,11H2,2-5H3. The Bertz CT molecular complexity index is 726. The van der Waals surface area contributed by atoms with Gasteiger partial charge in [0, 0.05) is 32.4 Å². The number of anilines is 5. The SMILES string of the molecule is C=C(C)Cc1c(O)c(NC)c(NC)c(Nc2ccccc2)c1NC. The van der Waals surface area contributed by atoms with Gasteiger partial charge in [-0.15, -0.1) is 0 Å². The molecular weight excluding hydrogens is 300 g/mol. The molecule has 0 unspecified atom stereocenters. The minimum absolute atomic E-state index is 0.229. The molecule has 0 aromatic heterocycles. The molecule has 0 heterocycles. The Hall–Kier alpha value is -2.82. The van der Waals surface area contributed by atoms with Crippen LogP contribution in [0.2, 0.25) is 0 Å². The first-order chi connectivity index (χ1) is 11.5. The number of aromatic hydroxyl groups is 1. The van der Waals surface area contributed by atoms with E-state index in [4.69, 9.17) is 0 Å². The van der Waals surface area contributed by atoms with Gasteiger partial charge in [-0.05, 0) is 25.5 Å². The van der Waals surface area contributed by atoms with Crippen molar-refractivity contribution in [1.29, 1.82) is 0 Å². The molecule has 5 heteroatoms. The molecule has 0 saturated heterocycles. The molecule has 0 atom stereocenters. The third-order valence-corrected chi connectivity index (χ3v) is 3.85. The number of allylic oxidation sites excluding steroid dienone is 1. The summed E-state index contributed by atoms with van der Waals surface area (Å²) in [5.41, 5.74) is 5.95. The second kappa shape index (κ2) is 7.64. The molecule has 2 aromatic carbocycles. The number of benzene rings is 2. The van der Waals surface area contributed by atoms with Crippen molar-refractivity contribution in [2.24, 2.45) is 0 Å². The van der Waals surface area contributed by atoms with Crippen LogP contribution in [-0.2, 0) is 6.42 Å². The smallest absolute Gasteiger partial charge is 0.146 e. The maximum atomic E-state index is 10.7. The number of hydrogen-bond acceptors (Lipinski definition) is 5. The number of nitrogens with one attached hydrogen (secondary N) is 4. The van der Waals surface area contributed by atoms with Crippen LogP contribution in [0, 0.1) is 0 Å². The Morgan fingerprint density at radius 1 is 0.917 bits per heavy atom. The van der Waals surface area contributed by atoms with E-state index < -0.39 is 0 Å². The first-order valence-corrected chi connectivity index (χ1v) is 7.94. The first-order valence-electron chi connectivity index (χ1n) is 7.94. The van der Waals surface area contributed by atoms with Crippen LogP contribution in [-0.4, -0.2) is 26.2 Å². The van der Waals surface area contributed by atoms with E-state index in [1.807, 2.05) is 51.4 Å². The van der Waals surface area contributed by atoms with Gasteiger partial charge < -0.3 is 26.4 Å². The Morgan fingerprint density at radius 2 is 1.50 bits per heavy atom. The summed E-state index contributed by atoms with van der Waals surface area (Å²) < 4.78 is 0. The molecule has 0 spiro atoms. The maximum Gasteiger partial charge on any atom is 0.146 e. The number of phenols is 1. The Balaban J connectivity index is 2.71. The van der Waals surface area contributed by atoms with E-state index >= 15 is 0 Å². The van der Waals surface area contributed by atoms with Gasteiger partial charge in [0.05, 0.1) is 17.1 Å². The van der Waals surface area contributed by atoms with Gasteiger partial charge in [-0.1, -0.05) is 30.4 Å². The van der Waals surface area contributed by atoms with E-state index in [9.17, 15) is 5.11 Å². The molecule has 0 saturated carbocycles. The highest BCUT2D eigenvalue weighted by molar-refractivity contribution is 5.98. The van der Waals surface area contributed by atoms with Gasteiger partial charge in [0.2, 0.25) is 0 Å². The molecule has 128 valence electrons. The molecule has 5 N–H and O–H groups in total. The van der Waals surface area contributed by atoms with E-state index in [1.54, 1.807) is 7.05 Å². The molecule has 24 heavy (non-hydrogen) atoms. The summed E-state index contributed by atoms with van der Waals surface area (Å²) in [5, 5.41) is 23.7. The lowest BCUT2D eigenvalue weighted by Crippen LogP contribution is -2.09. The largest absolute Gasteiger partial charge is 0.505 e. The van der Waals surface area contributed by atoms with Crippen molar-refractivity contribution in [3.8, 4) is 5.75 Å². The van der Waals surface area contributed by atoms with Gasteiger partial charge in [-0.3, -0.25) is 0 Å². The zero-order valence-electron chi connectivity index (χ0n) is 14.7. The zero-order valence-corrected chi connectivity index (χ0v) is 14.7. The van der Waals surface area contributed by atoms with Crippen LogP contribution in [0.3, 0.4) is 0 Å². The molecule has 5 nitrogen and oxygen atoms in total. The summed E-state index contributed by atoms with van der Waals surface area (Å²) in [5.74, 6) is 0.229. The number of phenolic OH excluding ortho intramolecular Hbond substituents is 1. The lowest BCUT2D eigenvalue weighted by atomic mass is 9.99. The zero-order chi connectivity index (χ0) is 17.7. The molecule has 0 aliphatic rings. The van der Waals surface area contributed by atoms with Crippen LogP contribution in [0.4, 0.5) is 28.4 Å². The normalized spacial score (nSPS) is 10.2. The Kier molecular flexibility index (Phi) is 5.58. The molecule has 0 radical (unpaired) electrons. The fourth-order valence-electron chi connectivity index (χ4n) is 2.82. The van der Waals surface area contributed by atoms with E-state index in [0.29, 0.717) is 12.1 Å². The van der Waals surface area contributed by atoms with Crippen molar-refractivity contribution < 1.29 is 5.11 Å². The first kappa shape index (κ1) is 17.5. The summed E-state index contributed by atoms with van der Waals surface area (Å²) >= 11 is 0. The maximum absolute atomic E-state index is 10.7. The molecule has 0 fully saturated rings.